The van der Waals surface area contributed by atoms with E-state index in [1.165, 1.54) is 57.4 Å². The van der Waals surface area contributed by atoms with E-state index >= 15 is 0 Å². The molecule has 0 aliphatic heterocycles. The lowest BCUT2D eigenvalue weighted by atomic mass is 10.1. The van der Waals surface area contributed by atoms with Crippen LogP contribution in [0.1, 0.15) is 83.1 Å². The van der Waals surface area contributed by atoms with Gasteiger partial charge < -0.3 is 14.9 Å². The van der Waals surface area contributed by atoms with Crippen LogP contribution in [0.25, 0.3) is 6.08 Å². The fourth-order valence-electron chi connectivity index (χ4n) is 3.69. The molecule has 1 atom stereocenters. The molecule has 0 aromatic heterocycles. The second-order valence-corrected chi connectivity index (χ2v) is 8.93. The van der Waals surface area contributed by atoms with E-state index in [1.54, 1.807) is 24.3 Å². The number of carboxylic acid groups (broad SMARTS) is 1. The van der Waals surface area contributed by atoms with Crippen molar-refractivity contribution in [2.45, 2.75) is 89.8 Å². The molecular weight excluding hydrogens is 459 g/mol. The molecule has 0 amide bonds. The van der Waals surface area contributed by atoms with Crippen LogP contribution in [-0.2, 0) is 4.79 Å². The minimum Gasteiger partial charge on any atom is -0.492 e. The van der Waals surface area contributed by atoms with Gasteiger partial charge in [0.1, 0.15) is 12.4 Å². The zero-order valence-electron chi connectivity index (χ0n) is 20.9. The third-order valence-electron chi connectivity index (χ3n) is 5.83. The Morgan fingerprint density at radius 3 is 2.06 bits per heavy atom. The highest BCUT2D eigenvalue weighted by atomic mass is 19.4. The number of carboxylic acids is 1. The summed E-state index contributed by atoms with van der Waals surface area (Å²) in [6, 6.07) is 6.54. The molecule has 0 spiro atoms. The highest BCUT2D eigenvalue weighted by molar-refractivity contribution is 5.66. The van der Waals surface area contributed by atoms with Gasteiger partial charge >= 0.3 is 12.1 Å². The van der Waals surface area contributed by atoms with E-state index in [4.69, 9.17) is 14.9 Å². The Balaban J connectivity index is 2.32. The monoisotopic (exact) mass is 501 g/mol. The van der Waals surface area contributed by atoms with Crippen LogP contribution in [0.4, 0.5) is 13.2 Å². The van der Waals surface area contributed by atoms with E-state index in [0.29, 0.717) is 37.1 Å². The molecule has 35 heavy (non-hydrogen) atoms. The Labute approximate surface area is 208 Å². The maximum Gasteiger partial charge on any atom is 0.417 e. The van der Waals surface area contributed by atoms with E-state index < -0.39 is 18.2 Å². The number of ether oxygens (including phenoxy) is 1. The summed E-state index contributed by atoms with van der Waals surface area (Å²) in [7, 11) is 0. The average Bonchev–Trinajstić information content (AvgIpc) is 2.81. The van der Waals surface area contributed by atoms with Gasteiger partial charge in [-0.1, -0.05) is 82.9 Å². The first-order valence-corrected chi connectivity index (χ1v) is 12.8. The molecule has 0 aliphatic rings. The van der Waals surface area contributed by atoms with Crippen LogP contribution in [0.5, 0.6) is 5.75 Å². The molecule has 5 nitrogen and oxygen atoms in total. The van der Waals surface area contributed by atoms with Gasteiger partial charge in [-0.3, -0.25) is 9.69 Å². The predicted octanol–water partition coefficient (Wildman–Crippen LogP) is 6.70. The normalized spacial score (nSPS) is 13.0. The number of aliphatic hydroxyl groups excluding tert-OH is 1. The lowest BCUT2D eigenvalue weighted by Crippen LogP contribution is -2.31. The molecule has 200 valence electrons. The van der Waals surface area contributed by atoms with Crippen molar-refractivity contribution >= 4 is 12.0 Å². The molecule has 0 fully saturated rings. The zero-order chi connectivity index (χ0) is 25.9. The first kappa shape index (κ1) is 31.0. The first-order chi connectivity index (χ1) is 16.7. The van der Waals surface area contributed by atoms with E-state index in [2.05, 4.69) is 11.8 Å². The van der Waals surface area contributed by atoms with E-state index in [0.717, 1.165) is 19.4 Å². The van der Waals surface area contributed by atoms with Gasteiger partial charge in [0.05, 0.1) is 6.42 Å². The molecule has 0 saturated heterocycles. The zero-order valence-corrected chi connectivity index (χ0v) is 20.9. The first-order valence-electron chi connectivity index (χ1n) is 12.8. The Morgan fingerprint density at radius 1 is 0.943 bits per heavy atom. The van der Waals surface area contributed by atoms with Crippen LogP contribution in [0, 0.1) is 0 Å². The highest BCUT2D eigenvalue weighted by Crippen LogP contribution is 2.22. The van der Waals surface area contributed by atoms with E-state index in [-0.39, 0.29) is 6.42 Å². The van der Waals surface area contributed by atoms with Crippen LogP contribution >= 0.6 is 0 Å². The second-order valence-electron chi connectivity index (χ2n) is 8.93. The van der Waals surface area contributed by atoms with Crippen molar-refractivity contribution in [2.24, 2.45) is 0 Å². The van der Waals surface area contributed by atoms with Gasteiger partial charge in [0.25, 0.3) is 0 Å². The maximum atomic E-state index is 12.4. The number of carbonyl (C=O) groups is 1. The third kappa shape index (κ3) is 16.3. The van der Waals surface area contributed by atoms with Crippen LogP contribution in [0.2, 0.25) is 0 Å². The molecule has 1 rings (SSSR count). The summed E-state index contributed by atoms with van der Waals surface area (Å²) in [6.07, 6.45) is 7.32. The Bertz CT molecular complexity index is 707. The van der Waals surface area contributed by atoms with Crippen molar-refractivity contribution in [3.8, 4) is 5.75 Å². The van der Waals surface area contributed by atoms with Gasteiger partial charge in [0.2, 0.25) is 0 Å². The topological polar surface area (TPSA) is 70.0 Å². The third-order valence-corrected chi connectivity index (χ3v) is 5.83. The van der Waals surface area contributed by atoms with E-state index in [9.17, 15) is 18.0 Å². The number of unbranched alkanes of at least 4 members (excludes halogenated alkanes) is 9. The summed E-state index contributed by atoms with van der Waals surface area (Å²) in [5.74, 6) is -0.242. The lowest BCUT2D eigenvalue weighted by Gasteiger charge is -2.21. The van der Waals surface area contributed by atoms with Crippen molar-refractivity contribution < 1.29 is 32.9 Å². The number of aliphatic carboxylic acids is 1. The standard InChI is InChI=1S/C27H42F3NO4/c1-2-3-4-5-6-7-8-9-10-11-19-31(20-18-26(33)34)21-22-35-24-15-12-23(13-16-24)14-17-25(32)27(28,29)30/h12-17,25,32H,2-11,18-22H2,1H3,(H,33,34)/b17-14+. The summed E-state index contributed by atoms with van der Waals surface area (Å²) in [4.78, 5) is 13.1. The van der Waals surface area contributed by atoms with Gasteiger partial charge in [0, 0.05) is 13.1 Å². The molecule has 8 heteroatoms. The van der Waals surface area contributed by atoms with Crippen LogP contribution in [0.15, 0.2) is 30.3 Å². The van der Waals surface area contributed by atoms with Gasteiger partial charge in [-0.15, -0.1) is 0 Å². The number of hydrogen-bond donors (Lipinski definition) is 2. The van der Waals surface area contributed by atoms with Gasteiger partial charge in [0.15, 0.2) is 6.10 Å². The molecule has 2 N–H and O–H groups in total. The summed E-state index contributed by atoms with van der Waals surface area (Å²) >= 11 is 0. The molecule has 0 aliphatic carbocycles. The lowest BCUT2D eigenvalue weighted by molar-refractivity contribution is -0.187. The van der Waals surface area contributed by atoms with Crippen molar-refractivity contribution in [2.75, 3.05) is 26.2 Å². The van der Waals surface area contributed by atoms with Crippen LogP contribution < -0.4 is 4.74 Å². The quantitative estimate of drug-likeness (QED) is 0.195. The SMILES string of the molecule is CCCCCCCCCCCCN(CCOc1ccc(/C=C/C(O)C(F)(F)F)cc1)CCC(=O)O. The summed E-state index contributed by atoms with van der Waals surface area (Å²) in [5.41, 5.74) is 0.518. The fraction of sp³-hybridized carbons (Fsp3) is 0.667. The fourth-order valence-corrected chi connectivity index (χ4v) is 3.69. The Morgan fingerprint density at radius 2 is 1.51 bits per heavy atom. The Hall–Kier alpha value is -2.06. The molecule has 0 radical (unpaired) electrons. The molecule has 1 unspecified atom stereocenters. The summed E-state index contributed by atoms with van der Waals surface area (Å²) < 4.78 is 42.8. The maximum absolute atomic E-state index is 12.4. The molecular formula is C27H42F3NO4. The van der Waals surface area contributed by atoms with Crippen LogP contribution in [0.3, 0.4) is 0 Å². The molecule has 1 aromatic rings. The number of alkyl halides is 3. The molecule has 0 heterocycles. The number of halogens is 3. The van der Waals surface area contributed by atoms with Crippen LogP contribution in [-0.4, -0.2) is 59.6 Å². The average molecular weight is 502 g/mol. The number of nitrogens with zero attached hydrogens (tertiary/aromatic N) is 1. The van der Waals surface area contributed by atoms with Crippen molar-refractivity contribution in [1.29, 1.82) is 0 Å². The van der Waals surface area contributed by atoms with Gasteiger partial charge in [-0.05, 0) is 36.7 Å². The van der Waals surface area contributed by atoms with Crippen molar-refractivity contribution in [3.63, 3.8) is 0 Å². The molecule has 1 aromatic carbocycles. The summed E-state index contributed by atoms with van der Waals surface area (Å²) in [5, 5.41) is 18.0. The minimum absolute atomic E-state index is 0.0859. The molecule has 0 bridgehead atoms. The number of benzene rings is 1. The van der Waals surface area contributed by atoms with E-state index in [1.807, 2.05) is 0 Å². The number of hydrogen-bond acceptors (Lipinski definition) is 4. The predicted molar refractivity (Wildman–Crippen MR) is 134 cm³/mol. The van der Waals surface area contributed by atoms with Crippen molar-refractivity contribution in [1.82, 2.24) is 4.90 Å². The smallest absolute Gasteiger partial charge is 0.417 e. The molecule has 0 saturated carbocycles. The van der Waals surface area contributed by atoms with Crippen molar-refractivity contribution in [3.05, 3.63) is 35.9 Å². The number of aliphatic hydroxyl groups is 1. The highest BCUT2D eigenvalue weighted by Gasteiger charge is 2.36. The second kappa shape index (κ2) is 18.2. The minimum atomic E-state index is -4.68. The largest absolute Gasteiger partial charge is 0.492 e. The number of rotatable bonds is 20. The summed E-state index contributed by atoms with van der Waals surface area (Å²) in [6.45, 7) is 4.52. The van der Waals surface area contributed by atoms with Gasteiger partial charge in [-0.25, -0.2) is 0 Å². The van der Waals surface area contributed by atoms with Gasteiger partial charge in [-0.2, -0.15) is 13.2 Å². The Kier molecular flexibility index (Phi) is 16.1.